The average Bonchev–Trinajstić information content (AvgIpc) is 1.85. The molecular formula is C7H14N2O3. The molecule has 70 valence electrons. The third kappa shape index (κ3) is 3.34. The summed E-state index contributed by atoms with van der Waals surface area (Å²) < 4.78 is 0. The van der Waals surface area contributed by atoms with Gasteiger partial charge in [-0.05, 0) is 13.0 Å². The predicted octanol–water partition coefficient (Wildman–Crippen LogP) is -0.829. The monoisotopic (exact) mass is 174 g/mol. The second kappa shape index (κ2) is 4.71. The van der Waals surface area contributed by atoms with Crippen molar-refractivity contribution in [3.63, 3.8) is 0 Å². The summed E-state index contributed by atoms with van der Waals surface area (Å²) in [6.45, 7) is 1.67. The quantitative estimate of drug-likeness (QED) is 0.507. The Morgan fingerprint density at radius 1 is 1.58 bits per heavy atom. The molecule has 2 atom stereocenters. The van der Waals surface area contributed by atoms with Crippen LogP contribution in [0.2, 0.25) is 0 Å². The molecule has 0 fully saturated rings. The fraction of sp³-hybridized carbons (Fsp3) is 0.714. The molecule has 0 aliphatic carbocycles. The van der Waals surface area contributed by atoms with E-state index in [4.69, 9.17) is 10.8 Å². The van der Waals surface area contributed by atoms with Crippen molar-refractivity contribution in [3.05, 3.63) is 0 Å². The Morgan fingerprint density at radius 3 is 2.33 bits per heavy atom. The summed E-state index contributed by atoms with van der Waals surface area (Å²) in [5.41, 5.74) is 4.93. The molecule has 0 saturated heterocycles. The number of carboxylic acids is 1. The molecule has 0 heterocycles. The number of amides is 1. The van der Waals surface area contributed by atoms with Gasteiger partial charge in [-0.25, -0.2) is 0 Å². The molecule has 0 aliphatic rings. The van der Waals surface area contributed by atoms with Crippen LogP contribution in [0.25, 0.3) is 0 Å². The Bertz CT molecular complexity index is 181. The number of primary amides is 1. The molecule has 0 saturated carbocycles. The number of aliphatic carboxylic acids is 1. The number of nitrogens with two attached hydrogens (primary N) is 1. The lowest BCUT2D eigenvalue weighted by Gasteiger charge is -2.17. The van der Waals surface area contributed by atoms with Gasteiger partial charge in [0, 0.05) is 6.42 Å². The Kier molecular flexibility index (Phi) is 4.28. The summed E-state index contributed by atoms with van der Waals surface area (Å²) in [6, 6.07) is -0.711. The molecule has 5 nitrogen and oxygen atoms in total. The first-order valence-corrected chi connectivity index (χ1v) is 3.67. The molecule has 0 aromatic heterocycles. The zero-order chi connectivity index (χ0) is 9.72. The number of hydrogen-bond acceptors (Lipinski definition) is 3. The summed E-state index contributed by atoms with van der Waals surface area (Å²) in [6.07, 6.45) is 0.0812. The van der Waals surface area contributed by atoms with Crippen molar-refractivity contribution in [1.82, 2.24) is 5.32 Å². The summed E-state index contributed by atoms with van der Waals surface area (Å²) in [5, 5.41) is 11.2. The third-order valence-electron chi connectivity index (χ3n) is 1.67. The number of carboxylic acid groups (broad SMARTS) is 1. The van der Waals surface area contributed by atoms with E-state index in [1.165, 1.54) is 7.05 Å². The second-order valence-corrected chi connectivity index (χ2v) is 2.75. The minimum atomic E-state index is -0.966. The fourth-order valence-corrected chi connectivity index (χ4v) is 1.09. The second-order valence-electron chi connectivity index (χ2n) is 2.75. The highest BCUT2D eigenvalue weighted by atomic mass is 16.4. The number of hydrogen-bond donors (Lipinski definition) is 3. The van der Waals surface area contributed by atoms with Crippen LogP contribution >= 0.6 is 0 Å². The van der Waals surface area contributed by atoms with E-state index in [0.29, 0.717) is 0 Å². The highest BCUT2D eigenvalue weighted by Gasteiger charge is 2.23. The van der Waals surface area contributed by atoms with Gasteiger partial charge in [-0.2, -0.15) is 0 Å². The van der Waals surface area contributed by atoms with Gasteiger partial charge in [-0.15, -0.1) is 0 Å². The predicted molar refractivity (Wildman–Crippen MR) is 43.5 cm³/mol. The molecule has 0 radical (unpaired) electrons. The van der Waals surface area contributed by atoms with Crippen LogP contribution in [0.5, 0.6) is 0 Å². The lowest BCUT2D eigenvalue weighted by atomic mass is 9.98. The van der Waals surface area contributed by atoms with E-state index in [2.05, 4.69) is 5.32 Å². The Hall–Kier alpha value is -1.10. The molecule has 5 heteroatoms. The first-order chi connectivity index (χ1) is 5.49. The maximum Gasteiger partial charge on any atom is 0.320 e. The van der Waals surface area contributed by atoms with Gasteiger partial charge in [0.05, 0.1) is 0 Å². The number of carbonyl (C=O) groups is 2. The summed E-state index contributed by atoms with van der Waals surface area (Å²) in [7, 11) is 1.54. The first-order valence-electron chi connectivity index (χ1n) is 3.67. The molecule has 0 spiro atoms. The molecule has 0 aliphatic heterocycles. The van der Waals surface area contributed by atoms with Crippen molar-refractivity contribution >= 4 is 11.9 Å². The molecule has 0 aromatic carbocycles. The zero-order valence-electron chi connectivity index (χ0n) is 7.20. The van der Waals surface area contributed by atoms with Gasteiger partial charge in [-0.1, -0.05) is 6.92 Å². The van der Waals surface area contributed by atoms with Gasteiger partial charge in [0.2, 0.25) is 5.91 Å². The smallest absolute Gasteiger partial charge is 0.320 e. The topological polar surface area (TPSA) is 92.4 Å². The summed E-state index contributed by atoms with van der Waals surface area (Å²) in [4.78, 5) is 21.0. The van der Waals surface area contributed by atoms with E-state index in [1.807, 2.05) is 0 Å². The van der Waals surface area contributed by atoms with Crippen molar-refractivity contribution < 1.29 is 14.7 Å². The minimum Gasteiger partial charge on any atom is -0.480 e. The van der Waals surface area contributed by atoms with Gasteiger partial charge in [0.25, 0.3) is 0 Å². The molecule has 4 N–H and O–H groups in total. The Balaban J connectivity index is 4.11. The molecule has 12 heavy (non-hydrogen) atoms. The highest BCUT2D eigenvalue weighted by Crippen LogP contribution is 2.07. The van der Waals surface area contributed by atoms with Crippen LogP contribution in [0.3, 0.4) is 0 Å². The van der Waals surface area contributed by atoms with Gasteiger partial charge in [0.15, 0.2) is 0 Å². The lowest BCUT2D eigenvalue weighted by Crippen LogP contribution is -2.41. The number of nitrogens with one attached hydrogen (secondary N) is 1. The number of likely N-dealkylation sites (N-methyl/N-ethyl adjacent to an activating group) is 1. The molecule has 0 rings (SSSR count). The van der Waals surface area contributed by atoms with E-state index in [0.717, 1.165) is 0 Å². The van der Waals surface area contributed by atoms with E-state index in [1.54, 1.807) is 6.92 Å². The SMILES string of the molecule is CNC(C(=O)O)C(C)CC(N)=O. The number of rotatable bonds is 5. The van der Waals surface area contributed by atoms with E-state index >= 15 is 0 Å². The van der Waals surface area contributed by atoms with Crippen LogP contribution in [-0.2, 0) is 9.59 Å². The van der Waals surface area contributed by atoms with Gasteiger partial charge in [-0.3, -0.25) is 9.59 Å². The molecule has 0 bridgehead atoms. The van der Waals surface area contributed by atoms with Crippen molar-refractivity contribution in [2.75, 3.05) is 7.05 Å². The summed E-state index contributed by atoms with van der Waals surface area (Å²) >= 11 is 0. The fourth-order valence-electron chi connectivity index (χ4n) is 1.09. The van der Waals surface area contributed by atoms with Crippen LogP contribution in [0.4, 0.5) is 0 Å². The third-order valence-corrected chi connectivity index (χ3v) is 1.67. The van der Waals surface area contributed by atoms with E-state index in [9.17, 15) is 9.59 Å². The zero-order valence-corrected chi connectivity index (χ0v) is 7.20. The summed E-state index contributed by atoms with van der Waals surface area (Å²) in [5.74, 6) is -1.74. The van der Waals surface area contributed by atoms with Crippen molar-refractivity contribution in [1.29, 1.82) is 0 Å². The Morgan fingerprint density at radius 2 is 2.08 bits per heavy atom. The van der Waals surface area contributed by atoms with Crippen LogP contribution < -0.4 is 11.1 Å². The maximum atomic E-state index is 10.5. The average molecular weight is 174 g/mol. The van der Waals surface area contributed by atoms with Gasteiger partial charge >= 0.3 is 5.97 Å². The van der Waals surface area contributed by atoms with E-state index < -0.39 is 17.9 Å². The molecule has 0 aromatic rings. The molecular weight excluding hydrogens is 160 g/mol. The van der Waals surface area contributed by atoms with Crippen LogP contribution in [0.15, 0.2) is 0 Å². The lowest BCUT2D eigenvalue weighted by molar-refractivity contribution is -0.140. The van der Waals surface area contributed by atoms with Crippen LogP contribution in [0.1, 0.15) is 13.3 Å². The highest BCUT2D eigenvalue weighted by molar-refractivity contribution is 5.77. The maximum absolute atomic E-state index is 10.5. The Labute approximate surface area is 70.9 Å². The van der Waals surface area contributed by atoms with Crippen molar-refractivity contribution in [2.45, 2.75) is 19.4 Å². The minimum absolute atomic E-state index is 0.0812. The van der Waals surface area contributed by atoms with Crippen molar-refractivity contribution in [2.24, 2.45) is 11.7 Å². The van der Waals surface area contributed by atoms with Crippen LogP contribution in [0, 0.1) is 5.92 Å². The standard InChI is InChI=1S/C7H14N2O3/c1-4(3-5(8)10)6(9-2)7(11)12/h4,6,9H,3H2,1-2H3,(H2,8,10)(H,11,12). The molecule has 2 unspecified atom stereocenters. The van der Waals surface area contributed by atoms with Gasteiger partial charge in [0.1, 0.15) is 6.04 Å². The van der Waals surface area contributed by atoms with E-state index in [-0.39, 0.29) is 12.3 Å². The largest absolute Gasteiger partial charge is 0.480 e. The number of carbonyl (C=O) groups excluding carboxylic acids is 1. The van der Waals surface area contributed by atoms with Gasteiger partial charge < -0.3 is 16.2 Å². The van der Waals surface area contributed by atoms with Crippen LogP contribution in [-0.4, -0.2) is 30.1 Å². The molecule has 1 amide bonds. The normalized spacial score (nSPS) is 15.2. The van der Waals surface area contributed by atoms with Crippen molar-refractivity contribution in [3.8, 4) is 0 Å². The first kappa shape index (κ1) is 10.9.